The van der Waals surface area contributed by atoms with Crippen molar-refractivity contribution in [1.82, 2.24) is 4.98 Å². The van der Waals surface area contributed by atoms with Crippen molar-refractivity contribution < 1.29 is 10.2 Å². The number of H-pyrrole nitrogens is 1. The number of nitrogens with one attached hydrogen (secondary N) is 1. The molecule has 3 N–H and O–H groups in total. The van der Waals surface area contributed by atoms with Gasteiger partial charge in [0.25, 0.3) is 5.56 Å². The van der Waals surface area contributed by atoms with Gasteiger partial charge in [-0.2, -0.15) is 5.26 Å². The SMILES string of the molecule is N#Cc1c(O)c2c(-c3ccc(C#CCCO)s3)csc2[nH]c1=O. The van der Waals surface area contributed by atoms with Crippen LogP contribution in [0.1, 0.15) is 16.9 Å². The number of thiophene rings is 2. The summed E-state index contributed by atoms with van der Waals surface area (Å²) in [6, 6.07) is 5.48. The molecule has 0 fully saturated rings. The maximum Gasteiger partial charge on any atom is 0.270 e. The summed E-state index contributed by atoms with van der Waals surface area (Å²) < 4.78 is 0. The summed E-state index contributed by atoms with van der Waals surface area (Å²) in [5, 5.41) is 30.3. The van der Waals surface area contributed by atoms with Crippen molar-refractivity contribution in [3.8, 4) is 34.1 Å². The molecule has 0 radical (unpaired) electrons. The van der Waals surface area contributed by atoms with Crippen LogP contribution in [0, 0.1) is 23.2 Å². The highest BCUT2D eigenvalue weighted by Gasteiger charge is 2.18. The van der Waals surface area contributed by atoms with E-state index < -0.39 is 5.56 Å². The molecule has 5 nitrogen and oxygen atoms in total. The van der Waals surface area contributed by atoms with Crippen molar-refractivity contribution in [3.63, 3.8) is 0 Å². The highest BCUT2D eigenvalue weighted by molar-refractivity contribution is 7.19. The van der Waals surface area contributed by atoms with Gasteiger partial charge in [-0.3, -0.25) is 4.79 Å². The van der Waals surface area contributed by atoms with E-state index in [0.717, 1.165) is 15.3 Å². The Balaban J connectivity index is 2.14. The number of nitriles is 1. The maximum atomic E-state index is 11.7. The lowest BCUT2D eigenvalue weighted by Crippen LogP contribution is -2.09. The van der Waals surface area contributed by atoms with Crippen LogP contribution >= 0.6 is 22.7 Å². The summed E-state index contributed by atoms with van der Waals surface area (Å²) >= 11 is 2.75. The molecule has 3 aromatic rings. The Kier molecular flexibility index (Phi) is 4.18. The number of hydrogen-bond acceptors (Lipinski definition) is 6. The van der Waals surface area contributed by atoms with E-state index in [0.29, 0.717) is 16.6 Å². The maximum absolute atomic E-state index is 11.7. The molecule has 0 aromatic carbocycles. The third-order valence-electron chi connectivity index (χ3n) is 3.15. The standard InChI is InChI=1S/C16H10N2O3S2/c17-7-10-14(20)13-11(8-22-16(13)18-15(10)21)12-5-4-9(23-12)3-1-2-6-19/h4-5,8,19H,2,6H2,(H2,18,20,21). The first-order valence-corrected chi connectivity index (χ1v) is 8.31. The Hall–Kier alpha value is -2.58. The Bertz CT molecular complexity index is 1040. The van der Waals surface area contributed by atoms with Gasteiger partial charge < -0.3 is 15.2 Å². The van der Waals surface area contributed by atoms with E-state index in [2.05, 4.69) is 16.8 Å². The monoisotopic (exact) mass is 342 g/mol. The molecule has 0 aliphatic rings. The third-order valence-corrected chi connectivity index (χ3v) is 5.08. The molecule has 0 saturated carbocycles. The van der Waals surface area contributed by atoms with E-state index in [4.69, 9.17) is 10.4 Å². The first kappa shape index (κ1) is 15.3. The van der Waals surface area contributed by atoms with Crippen LogP contribution in [-0.4, -0.2) is 21.8 Å². The van der Waals surface area contributed by atoms with Crippen molar-refractivity contribution >= 4 is 32.9 Å². The van der Waals surface area contributed by atoms with Crippen LogP contribution in [0.2, 0.25) is 0 Å². The summed E-state index contributed by atoms with van der Waals surface area (Å²) in [5.41, 5.74) is -0.111. The van der Waals surface area contributed by atoms with Gasteiger partial charge in [0.15, 0.2) is 5.56 Å². The summed E-state index contributed by atoms with van der Waals surface area (Å²) in [6.45, 7) is 0.0264. The zero-order chi connectivity index (χ0) is 16.4. The van der Waals surface area contributed by atoms with Gasteiger partial charge in [0.05, 0.1) is 16.9 Å². The van der Waals surface area contributed by atoms with E-state index in [9.17, 15) is 9.90 Å². The molecule has 114 valence electrons. The summed E-state index contributed by atoms with van der Waals surface area (Å²) in [6.07, 6.45) is 0.419. The zero-order valence-electron chi connectivity index (χ0n) is 11.7. The molecule has 3 heterocycles. The fourth-order valence-corrected chi connectivity index (χ4v) is 4.06. The molecule has 0 unspecified atom stereocenters. The minimum absolute atomic E-state index is 0.0264. The van der Waals surface area contributed by atoms with E-state index >= 15 is 0 Å². The summed E-state index contributed by atoms with van der Waals surface area (Å²) in [5.74, 6) is 5.53. The fraction of sp³-hybridized carbons (Fsp3) is 0.125. The average molecular weight is 342 g/mol. The van der Waals surface area contributed by atoms with Crippen molar-refractivity contribution in [1.29, 1.82) is 5.26 Å². The molecule has 3 aromatic heterocycles. The van der Waals surface area contributed by atoms with Crippen LogP contribution < -0.4 is 5.56 Å². The van der Waals surface area contributed by atoms with Crippen LogP contribution in [0.4, 0.5) is 0 Å². The normalized spacial score (nSPS) is 10.3. The number of rotatable bonds is 2. The van der Waals surface area contributed by atoms with Crippen molar-refractivity contribution in [3.05, 3.63) is 38.3 Å². The minimum Gasteiger partial charge on any atom is -0.506 e. The molecule has 3 rings (SSSR count). The predicted octanol–water partition coefficient (Wildman–Crippen LogP) is 2.63. The highest BCUT2D eigenvalue weighted by Crippen LogP contribution is 2.41. The molecule has 7 heteroatoms. The second-order valence-corrected chi connectivity index (χ2v) is 6.55. The largest absolute Gasteiger partial charge is 0.506 e. The van der Waals surface area contributed by atoms with Crippen LogP contribution in [-0.2, 0) is 0 Å². The summed E-state index contributed by atoms with van der Waals surface area (Å²) in [7, 11) is 0. The smallest absolute Gasteiger partial charge is 0.270 e. The Labute approximate surface area is 139 Å². The van der Waals surface area contributed by atoms with Crippen LogP contribution in [0.15, 0.2) is 22.3 Å². The van der Waals surface area contributed by atoms with Gasteiger partial charge in [0.1, 0.15) is 16.6 Å². The highest BCUT2D eigenvalue weighted by atomic mass is 32.1. The van der Waals surface area contributed by atoms with Gasteiger partial charge in [-0.15, -0.1) is 22.7 Å². The van der Waals surface area contributed by atoms with Crippen LogP contribution in [0.5, 0.6) is 5.75 Å². The molecule has 0 saturated heterocycles. The van der Waals surface area contributed by atoms with E-state index in [1.165, 1.54) is 22.7 Å². The van der Waals surface area contributed by atoms with Crippen LogP contribution in [0.25, 0.3) is 20.7 Å². The third kappa shape index (κ3) is 2.73. The van der Waals surface area contributed by atoms with Crippen molar-refractivity contribution in [2.24, 2.45) is 0 Å². The molecule has 0 amide bonds. The predicted molar refractivity (Wildman–Crippen MR) is 90.7 cm³/mol. The summed E-state index contributed by atoms with van der Waals surface area (Å²) in [4.78, 5) is 16.6. The van der Waals surface area contributed by atoms with Crippen LogP contribution in [0.3, 0.4) is 0 Å². The topological polar surface area (TPSA) is 97.1 Å². The van der Waals surface area contributed by atoms with E-state index in [1.54, 1.807) is 6.07 Å². The van der Waals surface area contributed by atoms with Gasteiger partial charge in [0.2, 0.25) is 0 Å². The lowest BCUT2D eigenvalue weighted by atomic mass is 10.1. The minimum atomic E-state index is -0.590. The number of aliphatic hydroxyl groups excluding tert-OH is 1. The van der Waals surface area contributed by atoms with Crippen molar-refractivity contribution in [2.75, 3.05) is 6.61 Å². The number of hydrogen-bond donors (Lipinski definition) is 3. The van der Waals surface area contributed by atoms with E-state index in [-0.39, 0.29) is 17.9 Å². The zero-order valence-corrected chi connectivity index (χ0v) is 13.3. The number of aliphatic hydroxyl groups is 1. The quantitative estimate of drug-likeness (QED) is 0.624. The van der Waals surface area contributed by atoms with Gasteiger partial charge in [-0.25, -0.2) is 0 Å². The second kappa shape index (κ2) is 6.27. The fourth-order valence-electron chi connectivity index (χ4n) is 2.12. The average Bonchev–Trinajstić information content (AvgIpc) is 3.14. The number of aromatic amines is 1. The molecular formula is C16H10N2O3S2. The number of aromatic hydroxyl groups is 1. The Morgan fingerprint density at radius 3 is 2.91 bits per heavy atom. The molecular weight excluding hydrogens is 332 g/mol. The lowest BCUT2D eigenvalue weighted by molar-refractivity contribution is 0.305. The Morgan fingerprint density at radius 2 is 2.17 bits per heavy atom. The lowest BCUT2D eigenvalue weighted by Gasteiger charge is -2.00. The number of pyridine rings is 1. The van der Waals surface area contributed by atoms with Gasteiger partial charge >= 0.3 is 0 Å². The van der Waals surface area contributed by atoms with Gasteiger partial charge in [0, 0.05) is 22.2 Å². The molecule has 0 aliphatic heterocycles. The number of aromatic nitrogens is 1. The first-order chi connectivity index (χ1) is 11.2. The number of nitrogens with zero attached hydrogens (tertiary/aromatic N) is 1. The molecule has 0 spiro atoms. The second-order valence-electron chi connectivity index (χ2n) is 4.58. The number of fused-ring (bicyclic) bond motifs is 1. The van der Waals surface area contributed by atoms with Gasteiger partial charge in [-0.1, -0.05) is 11.8 Å². The molecule has 23 heavy (non-hydrogen) atoms. The van der Waals surface area contributed by atoms with Crippen molar-refractivity contribution in [2.45, 2.75) is 6.42 Å². The van der Waals surface area contributed by atoms with Gasteiger partial charge in [-0.05, 0) is 12.1 Å². The molecule has 0 aliphatic carbocycles. The molecule has 0 atom stereocenters. The molecule has 0 bridgehead atoms. The first-order valence-electron chi connectivity index (χ1n) is 6.62. The van der Waals surface area contributed by atoms with E-state index in [1.807, 2.05) is 17.5 Å². The Morgan fingerprint density at radius 1 is 1.35 bits per heavy atom.